The number of nitrogens with two attached hydrogens (primary N) is 1. The molecule has 0 saturated heterocycles. The quantitative estimate of drug-likeness (QED) is 0.769. The van der Waals surface area contributed by atoms with Crippen molar-refractivity contribution in [3.63, 3.8) is 0 Å². The molecule has 1 aromatic heterocycles. The number of hydrogen-bond acceptors (Lipinski definition) is 4. The van der Waals surface area contributed by atoms with E-state index in [0.717, 1.165) is 11.1 Å². The fraction of sp³-hybridized carbons (Fsp3) is 0.0909. The highest BCUT2D eigenvalue weighted by Gasteiger charge is 2.03. The molecule has 0 aliphatic heterocycles. The number of rotatable bonds is 2. The summed E-state index contributed by atoms with van der Waals surface area (Å²) in [5.41, 5.74) is 7.61. The molecule has 0 bridgehead atoms. The van der Waals surface area contributed by atoms with Gasteiger partial charge in [-0.2, -0.15) is 4.98 Å². The number of aromatic nitrogens is 2. The molecule has 0 atom stereocenters. The largest absolute Gasteiger partial charge is 0.479 e. The van der Waals surface area contributed by atoms with Crippen LogP contribution in [0.2, 0.25) is 0 Å². The van der Waals surface area contributed by atoms with Crippen molar-refractivity contribution >= 4 is 5.82 Å². The molecule has 0 unspecified atom stereocenters. The van der Waals surface area contributed by atoms with Crippen molar-refractivity contribution in [1.82, 2.24) is 9.97 Å². The molecule has 0 fully saturated rings. The Morgan fingerprint density at radius 1 is 1.20 bits per heavy atom. The molecule has 3 N–H and O–H groups in total. The highest BCUT2D eigenvalue weighted by atomic mass is 16.3. The summed E-state index contributed by atoms with van der Waals surface area (Å²) in [6.07, 6.45) is 2.22. The lowest BCUT2D eigenvalue weighted by atomic mass is 10.1. The van der Waals surface area contributed by atoms with Gasteiger partial charge < -0.3 is 10.8 Å². The summed E-state index contributed by atoms with van der Waals surface area (Å²) in [6, 6.07) is 9.61. The molecule has 15 heavy (non-hydrogen) atoms. The van der Waals surface area contributed by atoms with Gasteiger partial charge >= 0.3 is 6.01 Å². The van der Waals surface area contributed by atoms with E-state index in [-0.39, 0.29) is 6.01 Å². The molecule has 0 spiro atoms. The van der Waals surface area contributed by atoms with E-state index < -0.39 is 0 Å². The summed E-state index contributed by atoms with van der Waals surface area (Å²) >= 11 is 0. The Morgan fingerprint density at radius 2 is 1.93 bits per heavy atom. The highest BCUT2D eigenvalue weighted by molar-refractivity contribution is 5.41. The maximum atomic E-state index is 9.00. The van der Waals surface area contributed by atoms with Gasteiger partial charge in [0.05, 0.1) is 0 Å². The molecular weight excluding hydrogens is 190 g/mol. The second-order valence-electron chi connectivity index (χ2n) is 3.24. The average Bonchev–Trinajstić information content (AvgIpc) is 2.24. The Hall–Kier alpha value is -2.10. The lowest BCUT2D eigenvalue weighted by Gasteiger charge is -2.04. The van der Waals surface area contributed by atoms with Crippen LogP contribution in [0.25, 0.3) is 0 Å². The number of anilines is 1. The minimum atomic E-state index is -0.288. The lowest BCUT2D eigenvalue weighted by Crippen LogP contribution is -2.00. The first-order valence-electron chi connectivity index (χ1n) is 4.60. The maximum absolute atomic E-state index is 9.00. The van der Waals surface area contributed by atoms with Crippen LogP contribution >= 0.6 is 0 Å². The van der Waals surface area contributed by atoms with Gasteiger partial charge in [0.2, 0.25) is 0 Å². The lowest BCUT2D eigenvalue weighted by molar-refractivity contribution is 0.431. The zero-order chi connectivity index (χ0) is 10.7. The van der Waals surface area contributed by atoms with Gasteiger partial charge in [-0.3, -0.25) is 0 Å². The van der Waals surface area contributed by atoms with Crippen LogP contribution in [-0.2, 0) is 6.42 Å². The molecule has 0 radical (unpaired) electrons. The van der Waals surface area contributed by atoms with Crippen LogP contribution in [0.3, 0.4) is 0 Å². The second kappa shape index (κ2) is 3.96. The third-order valence-corrected chi connectivity index (χ3v) is 2.12. The molecule has 0 amide bonds. The Morgan fingerprint density at radius 3 is 2.60 bits per heavy atom. The van der Waals surface area contributed by atoms with Gasteiger partial charge in [-0.1, -0.05) is 30.3 Å². The first kappa shape index (κ1) is 9.45. The van der Waals surface area contributed by atoms with Crippen LogP contribution in [0.15, 0.2) is 36.5 Å². The van der Waals surface area contributed by atoms with Crippen LogP contribution < -0.4 is 5.73 Å². The molecule has 2 aromatic rings. The van der Waals surface area contributed by atoms with E-state index in [2.05, 4.69) is 9.97 Å². The average molecular weight is 201 g/mol. The summed E-state index contributed by atoms with van der Waals surface area (Å²) in [7, 11) is 0. The predicted octanol–water partition coefficient (Wildman–Crippen LogP) is 1.36. The van der Waals surface area contributed by atoms with E-state index in [0.29, 0.717) is 12.2 Å². The SMILES string of the molecule is Nc1nc(O)ncc1Cc1ccccc1. The van der Waals surface area contributed by atoms with Crippen molar-refractivity contribution in [3.05, 3.63) is 47.7 Å². The minimum absolute atomic E-state index is 0.288. The molecule has 2 rings (SSSR count). The Kier molecular flexibility index (Phi) is 2.49. The van der Waals surface area contributed by atoms with Gasteiger partial charge in [-0.15, -0.1) is 0 Å². The Balaban J connectivity index is 2.25. The van der Waals surface area contributed by atoms with Crippen LogP contribution in [0, 0.1) is 0 Å². The summed E-state index contributed by atoms with van der Waals surface area (Å²) in [6.45, 7) is 0. The number of aromatic hydroxyl groups is 1. The molecule has 0 saturated carbocycles. The summed E-state index contributed by atoms with van der Waals surface area (Å²) in [5.74, 6) is 0.325. The molecule has 1 aromatic carbocycles. The first-order valence-corrected chi connectivity index (χ1v) is 4.60. The molecule has 76 valence electrons. The monoisotopic (exact) mass is 201 g/mol. The molecule has 0 aliphatic carbocycles. The van der Waals surface area contributed by atoms with Crippen LogP contribution in [0.5, 0.6) is 6.01 Å². The normalized spacial score (nSPS) is 10.1. The van der Waals surface area contributed by atoms with Crippen molar-refractivity contribution in [2.75, 3.05) is 5.73 Å². The summed E-state index contributed by atoms with van der Waals surface area (Å²) < 4.78 is 0. The smallest absolute Gasteiger partial charge is 0.315 e. The van der Waals surface area contributed by atoms with Crippen LogP contribution in [0.1, 0.15) is 11.1 Å². The molecule has 0 aliphatic rings. The zero-order valence-corrected chi connectivity index (χ0v) is 8.09. The Labute approximate surface area is 87.4 Å². The number of nitrogen functional groups attached to an aromatic ring is 1. The molecule has 4 nitrogen and oxygen atoms in total. The van der Waals surface area contributed by atoms with Gasteiger partial charge in [0.15, 0.2) is 0 Å². The van der Waals surface area contributed by atoms with E-state index in [4.69, 9.17) is 10.8 Å². The van der Waals surface area contributed by atoms with E-state index >= 15 is 0 Å². The van der Waals surface area contributed by atoms with E-state index in [1.165, 1.54) is 0 Å². The van der Waals surface area contributed by atoms with Gasteiger partial charge in [0, 0.05) is 18.2 Å². The van der Waals surface area contributed by atoms with Crippen molar-refractivity contribution in [1.29, 1.82) is 0 Å². The molecular formula is C11H11N3O. The van der Waals surface area contributed by atoms with Crippen LogP contribution in [0.4, 0.5) is 5.82 Å². The molecule has 1 heterocycles. The standard InChI is InChI=1S/C11H11N3O/c12-10-9(7-13-11(15)14-10)6-8-4-2-1-3-5-8/h1-5,7H,6H2,(H3,12,13,14,15). The van der Waals surface area contributed by atoms with E-state index in [1.54, 1.807) is 6.20 Å². The third-order valence-electron chi connectivity index (χ3n) is 2.12. The number of hydrogen-bond donors (Lipinski definition) is 2. The van der Waals surface area contributed by atoms with Crippen molar-refractivity contribution in [3.8, 4) is 6.01 Å². The fourth-order valence-electron chi connectivity index (χ4n) is 1.36. The topological polar surface area (TPSA) is 72.0 Å². The van der Waals surface area contributed by atoms with Gasteiger partial charge in [-0.25, -0.2) is 4.98 Å². The van der Waals surface area contributed by atoms with Crippen molar-refractivity contribution < 1.29 is 5.11 Å². The number of benzene rings is 1. The predicted molar refractivity (Wildman–Crippen MR) is 57.4 cm³/mol. The number of nitrogens with zero attached hydrogens (tertiary/aromatic N) is 2. The minimum Gasteiger partial charge on any atom is -0.479 e. The van der Waals surface area contributed by atoms with Gasteiger partial charge in [-0.05, 0) is 5.56 Å². The van der Waals surface area contributed by atoms with Crippen molar-refractivity contribution in [2.24, 2.45) is 0 Å². The summed E-state index contributed by atoms with van der Waals surface area (Å²) in [5, 5.41) is 9.00. The maximum Gasteiger partial charge on any atom is 0.315 e. The van der Waals surface area contributed by atoms with E-state index in [1.807, 2.05) is 30.3 Å². The van der Waals surface area contributed by atoms with Crippen molar-refractivity contribution in [2.45, 2.75) is 6.42 Å². The fourth-order valence-corrected chi connectivity index (χ4v) is 1.36. The third kappa shape index (κ3) is 2.22. The zero-order valence-electron chi connectivity index (χ0n) is 8.09. The molecule has 4 heteroatoms. The second-order valence-corrected chi connectivity index (χ2v) is 3.24. The van der Waals surface area contributed by atoms with Gasteiger partial charge in [0.1, 0.15) is 5.82 Å². The van der Waals surface area contributed by atoms with Crippen LogP contribution in [-0.4, -0.2) is 15.1 Å². The highest BCUT2D eigenvalue weighted by Crippen LogP contribution is 2.15. The van der Waals surface area contributed by atoms with E-state index in [9.17, 15) is 0 Å². The first-order chi connectivity index (χ1) is 7.25. The van der Waals surface area contributed by atoms with Gasteiger partial charge in [0.25, 0.3) is 0 Å². The Bertz CT molecular complexity index is 457. The summed E-state index contributed by atoms with van der Waals surface area (Å²) in [4.78, 5) is 7.39.